The first-order valence-corrected chi connectivity index (χ1v) is 7.80. The van der Waals surface area contributed by atoms with E-state index < -0.39 is 0 Å². The van der Waals surface area contributed by atoms with Gasteiger partial charge in [-0.05, 0) is 60.4 Å². The molecule has 0 aliphatic carbocycles. The second-order valence-electron chi connectivity index (χ2n) is 4.56. The number of benzene rings is 1. The van der Waals surface area contributed by atoms with E-state index in [0.29, 0.717) is 6.04 Å². The lowest BCUT2D eigenvalue weighted by Gasteiger charge is -2.12. The second-order valence-corrected chi connectivity index (χ2v) is 7.05. The molecule has 18 heavy (non-hydrogen) atoms. The van der Waals surface area contributed by atoms with Gasteiger partial charge in [-0.15, -0.1) is 11.3 Å². The maximum absolute atomic E-state index is 3.57. The summed E-state index contributed by atoms with van der Waals surface area (Å²) < 4.78 is 1.20. The zero-order valence-electron chi connectivity index (χ0n) is 10.7. The molecule has 96 valence electrons. The third kappa shape index (κ3) is 3.94. The van der Waals surface area contributed by atoms with Crippen molar-refractivity contribution in [3.63, 3.8) is 0 Å². The highest BCUT2D eigenvalue weighted by molar-refractivity contribution is 9.11. The van der Waals surface area contributed by atoms with E-state index in [4.69, 9.17) is 0 Å². The molecule has 0 radical (unpaired) electrons. The molecule has 0 spiro atoms. The summed E-state index contributed by atoms with van der Waals surface area (Å²) in [6.45, 7) is 5.37. The van der Waals surface area contributed by atoms with Gasteiger partial charge in [-0.25, -0.2) is 0 Å². The molecular formula is C15H18BrNS. The Bertz CT molecular complexity index is 507. The van der Waals surface area contributed by atoms with Crippen molar-refractivity contribution in [3.8, 4) is 0 Å². The van der Waals surface area contributed by atoms with Crippen LogP contribution in [0.15, 0.2) is 40.2 Å². The van der Waals surface area contributed by atoms with Crippen LogP contribution in [0.2, 0.25) is 0 Å². The molecule has 0 bridgehead atoms. The topological polar surface area (TPSA) is 12.0 Å². The average Bonchev–Trinajstić information content (AvgIpc) is 2.76. The predicted octanol–water partition coefficient (Wildman–Crippen LogP) is 4.71. The number of halogens is 1. The van der Waals surface area contributed by atoms with Crippen LogP contribution in [0.1, 0.15) is 29.0 Å². The lowest BCUT2D eigenvalue weighted by atomic mass is 10.1. The molecule has 0 amide bonds. The molecule has 0 fully saturated rings. The van der Waals surface area contributed by atoms with Crippen molar-refractivity contribution in [2.75, 3.05) is 6.54 Å². The standard InChI is InChI=1S/C15H18BrNS/c1-11-4-3-5-13(10-11)8-9-17-12(2)14-6-7-15(16)18-14/h3-7,10,12,17H,8-9H2,1-2H3. The van der Waals surface area contributed by atoms with Gasteiger partial charge >= 0.3 is 0 Å². The van der Waals surface area contributed by atoms with Gasteiger partial charge in [0, 0.05) is 10.9 Å². The summed E-state index contributed by atoms with van der Waals surface area (Å²) in [5, 5.41) is 3.57. The summed E-state index contributed by atoms with van der Waals surface area (Å²) in [7, 11) is 0. The van der Waals surface area contributed by atoms with Gasteiger partial charge in [0.2, 0.25) is 0 Å². The molecule has 1 N–H and O–H groups in total. The van der Waals surface area contributed by atoms with Crippen LogP contribution in [0.5, 0.6) is 0 Å². The molecule has 0 aliphatic rings. The van der Waals surface area contributed by atoms with E-state index in [1.165, 1.54) is 19.8 Å². The molecule has 2 rings (SSSR count). The van der Waals surface area contributed by atoms with Gasteiger partial charge in [-0.3, -0.25) is 0 Å². The van der Waals surface area contributed by atoms with E-state index in [1.807, 2.05) is 0 Å². The summed E-state index contributed by atoms with van der Waals surface area (Å²) in [4.78, 5) is 1.38. The number of hydrogen-bond donors (Lipinski definition) is 1. The van der Waals surface area contributed by atoms with Crippen LogP contribution in [0.3, 0.4) is 0 Å². The minimum Gasteiger partial charge on any atom is -0.309 e. The van der Waals surface area contributed by atoms with Gasteiger partial charge in [0.25, 0.3) is 0 Å². The highest BCUT2D eigenvalue weighted by Gasteiger charge is 2.06. The summed E-state index contributed by atoms with van der Waals surface area (Å²) in [6.07, 6.45) is 1.08. The Balaban J connectivity index is 1.82. The van der Waals surface area contributed by atoms with Crippen LogP contribution in [-0.4, -0.2) is 6.54 Å². The quantitative estimate of drug-likeness (QED) is 0.840. The lowest BCUT2D eigenvalue weighted by Crippen LogP contribution is -2.20. The van der Waals surface area contributed by atoms with Crippen LogP contribution in [0.4, 0.5) is 0 Å². The Morgan fingerprint density at radius 1 is 1.28 bits per heavy atom. The molecule has 1 atom stereocenters. The van der Waals surface area contributed by atoms with Crippen LogP contribution in [0.25, 0.3) is 0 Å². The van der Waals surface area contributed by atoms with E-state index in [-0.39, 0.29) is 0 Å². The van der Waals surface area contributed by atoms with E-state index in [0.717, 1.165) is 13.0 Å². The van der Waals surface area contributed by atoms with Crippen molar-refractivity contribution in [3.05, 3.63) is 56.2 Å². The molecule has 0 saturated heterocycles. The summed E-state index contributed by atoms with van der Waals surface area (Å²) in [5.74, 6) is 0. The number of rotatable bonds is 5. The lowest BCUT2D eigenvalue weighted by molar-refractivity contribution is 0.584. The predicted molar refractivity (Wildman–Crippen MR) is 83.3 cm³/mol. The largest absolute Gasteiger partial charge is 0.309 e. The van der Waals surface area contributed by atoms with Crippen molar-refractivity contribution >= 4 is 27.3 Å². The fraction of sp³-hybridized carbons (Fsp3) is 0.333. The van der Waals surface area contributed by atoms with Gasteiger partial charge in [0.1, 0.15) is 0 Å². The SMILES string of the molecule is Cc1cccc(CCNC(C)c2ccc(Br)s2)c1. The zero-order chi connectivity index (χ0) is 13.0. The Morgan fingerprint density at radius 3 is 2.78 bits per heavy atom. The smallest absolute Gasteiger partial charge is 0.0701 e. The fourth-order valence-corrected chi connectivity index (χ4v) is 3.41. The summed E-state index contributed by atoms with van der Waals surface area (Å²) in [6, 6.07) is 13.4. The minimum atomic E-state index is 0.422. The van der Waals surface area contributed by atoms with Crippen LogP contribution in [0, 0.1) is 6.92 Å². The Kier molecular flexibility index (Phi) is 4.98. The molecule has 0 saturated carbocycles. The van der Waals surface area contributed by atoms with E-state index in [1.54, 1.807) is 11.3 Å². The fourth-order valence-electron chi connectivity index (χ4n) is 1.96. The van der Waals surface area contributed by atoms with Crippen molar-refractivity contribution in [2.24, 2.45) is 0 Å². The Morgan fingerprint density at radius 2 is 2.11 bits per heavy atom. The Labute approximate surface area is 121 Å². The number of thiophene rings is 1. The molecule has 1 aromatic heterocycles. The van der Waals surface area contributed by atoms with Crippen LogP contribution in [-0.2, 0) is 6.42 Å². The van der Waals surface area contributed by atoms with E-state index >= 15 is 0 Å². The third-order valence-electron chi connectivity index (χ3n) is 2.97. The van der Waals surface area contributed by atoms with Crippen molar-refractivity contribution in [1.82, 2.24) is 5.32 Å². The maximum atomic E-state index is 3.57. The highest BCUT2D eigenvalue weighted by atomic mass is 79.9. The minimum absolute atomic E-state index is 0.422. The molecule has 0 aliphatic heterocycles. The van der Waals surface area contributed by atoms with Gasteiger partial charge in [-0.2, -0.15) is 0 Å². The number of nitrogens with one attached hydrogen (secondary N) is 1. The highest BCUT2D eigenvalue weighted by Crippen LogP contribution is 2.26. The van der Waals surface area contributed by atoms with E-state index in [9.17, 15) is 0 Å². The molecule has 2 aromatic rings. The molecular weight excluding hydrogens is 306 g/mol. The normalized spacial score (nSPS) is 12.6. The Hall–Kier alpha value is -0.640. The first-order chi connectivity index (χ1) is 8.65. The third-order valence-corrected chi connectivity index (χ3v) is 4.77. The number of aryl methyl sites for hydroxylation is 1. The first kappa shape index (κ1) is 13.8. The summed E-state index contributed by atoms with van der Waals surface area (Å²) >= 11 is 5.30. The van der Waals surface area contributed by atoms with Gasteiger partial charge < -0.3 is 5.32 Å². The van der Waals surface area contributed by atoms with Gasteiger partial charge in [-0.1, -0.05) is 29.8 Å². The maximum Gasteiger partial charge on any atom is 0.0701 e. The monoisotopic (exact) mass is 323 g/mol. The average molecular weight is 324 g/mol. The van der Waals surface area contributed by atoms with Crippen LogP contribution >= 0.6 is 27.3 Å². The van der Waals surface area contributed by atoms with E-state index in [2.05, 4.69) is 71.5 Å². The van der Waals surface area contributed by atoms with Crippen LogP contribution < -0.4 is 5.32 Å². The van der Waals surface area contributed by atoms with Crippen molar-refractivity contribution in [2.45, 2.75) is 26.3 Å². The molecule has 1 aromatic carbocycles. The van der Waals surface area contributed by atoms with Crippen molar-refractivity contribution in [1.29, 1.82) is 0 Å². The molecule has 1 nitrogen and oxygen atoms in total. The molecule has 3 heteroatoms. The number of hydrogen-bond acceptors (Lipinski definition) is 2. The first-order valence-electron chi connectivity index (χ1n) is 6.19. The van der Waals surface area contributed by atoms with Gasteiger partial charge in [0.05, 0.1) is 3.79 Å². The van der Waals surface area contributed by atoms with Gasteiger partial charge in [0.15, 0.2) is 0 Å². The summed E-state index contributed by atoms with van der Waals surface area (Å²) in [5.41, 5.74) is 2.74. The van der Waals surface area contributed by atoms with Crippen molar-refractivity contribution < 1.29 is 0 Å². The zero-order valence-corrected chi connectivity index (χ0v) is 13.1. The molecule has 1 unspecified atom stereocenters. The molecule has 1 heterocycles. The second kappa shape index (κ2) is 6.50.